The summed E-state index contributed by atoms with van der Waals surface area (Å²) in [6, 6.07) is 1.37. The first-order valence-corrected chi connectivity index (χ1v) is 7.60. The van der Waals surface area contributed by atoms with Gasteiger partial charge in [0.2, 0.25) is 0 Å². The molecule has 0 aliphatic rings. The molecular formula is C13H21N3O3S. The van der Waals surface area contributed by atoms with Gasteiger partial charge in [0, 0.05) is 18.0 Å². The van der Waals surface area contributed by atoms with Gasteiger partial charge in [-0.3, -0.25) is 9.59 Å². The number of aromatic amines is 1. The Hall–Kier alpha value is -1.34. The molecule has 0 amide bonds. The van der Waals surface area contributed by atoms with Crippen molar-refractivity contribution < 1.29 is 9.53 Å². The summed E-state index contributed by atoms with van der Waals surface area (Å²) in [4.78, 5) is 29.8. The van der Waals surface area contributed by atoms with Crippen molar-refractivity contribution in [3.63, 3.8) is 0 Å². The molecule has 0 saturated heterocycles. The molecule has 20 heavy (non-hydrogen) atoms. The van der Waals surface area contributed by atoms with Gasteiger partial charge in [0.15, 0.2) is 5.16 Å². The second-order valence-corrected chi connectivity index (χ2v) is 5.50. The van der Waals surface area contributed by atoms with Crippen LogP contribution in [-0.2, 0) is 9.53 Å². The van der Waals surface area contributed by atoms with E-state index in [1.165, 1.54) is 24.0 Å². The summed E-state index contributed by atoms with van der Waals surface area (Å²) in [7, 11) is 0. The summed E-state index contributed by atoms with van der Waals surface area (Å²) in [5, 5.41) is 3.72. The first-order chi connectivity index (χ1) is 9.51. The first-order valence-electron chi connectivity index (χ1n) is 6.62. The number of H-pyrrole nitrogens is 1. The molecular weight excluding hydrogens is 278 g/mol. The number of hydrogen-bond acceptors (Lipinski definition) is 6. The third-order valence-corrected chi connectivity index (χ3v) is 3.67. The maximum atomic E-state index is 12.0. The van der Waals surface area contributed by atoms with Gasteiger partial charge in [-0.15, -0.1) is 0 Å². The number of hydrogen-bond donors (Lipinski definition) is 2. The minimum absolute atomic E-state index is 0.178. The van der Waals surface area contributed by atoms with Crippen LogP contribution in [0.1, 0.15) is 27.2 Å². The summed E-state index contributed by atoms with van der Waals surface area (Å²) < 4.78 is 5.10. The molecule has 112 valence electrons. The molecule has 0 saturated carbocycles. The summed E-state index contributed by atoms with van der Waals surface area (Å²) in [6.07, 6.45) is 2.05. The van der Waals surface area contributed by atoms with Crippen molar-refractivity contribution in [2.75, 3.05) is 18.9 Å². The second kappa shape index (κ2) is 8.06. The molecule has 7 heteroatoms. The number of carbonyl (C=O) groups is 1. The van der Waals surface area contributed by atoms with Crippen molar-refractivity contribution in [3.05, 3.63) is 22.6 Å². The smallest absolute Gasteiger partial charge is 0.326 e. The second-order valence-electron chi connectivity index (χ2n) is 4.42. The van der Waals surface area contributed by atoms with E-state index in [1.807, 2.05) is 13.8 Å². The Labute approximate surface area is 122 Å². The number of aromatic nitrogens is 2. The van der Waals surface area contributed by atoms with Crippen molar-refractivity contribution in [2.24, 2.45) is 0 Å². The third kappa shape index (κ3) is 4.97. The van der Waals surface area contributed by atoms with Crippen LogP contribution >= 0.6 is 11.8 Å². The maximum absolute atomic E-state index is 12.0. The zero-order valence-corrected chi connectivity index (χ0v) is 12.9. The molecule has 1 aromatic heterocycles. The van der Waals surface area contributed by atoms with Gasteiger partial charge in [-0.05, 0) is 26.8 Å². The fourth-order valence-electron chi connectivity index (χ4n) is 1.72. The molecule has 1 heterocycles. The normalized spacial score (nSPS) is 13.8. The van der Waals surface area contributed by atoms with Gasteiger partial charge in [-0.2, -0.15) is 0 Å². The van der Waals surface area contributed by atoms with Gasteiger partial charge in [0.25, 0.3) is 5.56 Å². The number of likely N-dealkylation sites (N-methyl/N-ethyl adjacent to an activating group) is 1. The van der Waals surface area contributed by atoms with Crippen molar-refractivity contribution in [1.82, 2.24) is 15.3 Å². The van der Waals surface area contributed by atoms with Crippen LogP contribution in [0.2, 0.25) is 0 Å². The highest BCUT2D eigenvalue weighted by molar-refractivity contribution is 7.99. The first kappa shape index (κ1) is 16.7. The number of rotatable bonds is 8. The van der Waals surface area contributed by atoms with Gasteiger partial charge >= 0.3 is 5.97 Å². The molecule has 0 aliphatic carbocycles. The van der Waals surface area contributed by atoms with Gasteiger partial charge in [0.1, 0.15) is 5.54 Å². The van der Waals surface area contributed by atoms with E-state index in [1.54, 1.807) is 6.92 Å². The van der Waals surface area contributed by atoms with Crippen LogP contribution in [0.15, 0.2) is 22.2 Å². The van der Waals surface area contributed by atoms with Crippen LogP contribution in [0.3, 0.4) is 0 Å². The monoisotopic (exact) mass is 299 g/mol. The number of nitrogens with zero attached hydrogens (tertiary/aromatic N) is 1. The number of thioether (sulfide) groups is 1. The lowest BCUT2D eigenvalue weighted by Crippen LogP contribution is -2.50. The quantitative estimate of drug-likeness (QED) is 0.426. The Balaban J connectivity index is 2.58. The summed E-state index contributed by atoms with van der Waals surface area (Å²) in [6.45, 7) is 6.61. The van der Waals surface area contributed by atoms with Crippen LogP contribution in [0.25, 0.3) is 0 Å². The molecule has 0 aromatic carbocycles. The standard InChI is InChI=1S/C13H21N3O3S/c1-4-15-13(3,11(18)19-5-2)7-9-20-12-14-8-6-10(17)16-12/h6,8,15H,4-5,7,9H2,1-3H3,(H,14,16,17). The van der Waals surface area contributed by atoms with Gasteiger partial charge < -0.3 is 15.0 Å². The molecule has 1 aromatic rings. The molecule has 0 fully saturated rings. The van der Waals surface area contributed by atoms with Gasteiger partial charge in [0.05, 0.1) is 6.61 Å². The molecule has 0 radical (unpaired) electrons. The average molecular weight is 299 g/mol. The van der Waals surface area contributed by atoms with Crippen molar-refractivity contribution in [1.29, 1.82) is 0 Å². The fourth-order valence-corrected chi connectivity index (χ4v) is 2.73. The Morgan fingerprint density at radius 2 is 2.30 bits per heavy atom. The van der Waals surface area contributed by atoms with Crippen molar-refractivity contribution in [3.8, 4) is 0 Å². The fraction of sp³-hybridized carbons (Fsp3) is 0.615. The van der Waals surface area contributed by atoms with E-state index < -0.39 is 5.54 Å². The minimum Gasteiger partial charge on any atom is -0.465 e. The summed E-state index contributed by atoms with van der Waals surface area (Å²) in [5.41, 5.74) is -0.894. The van der Waals surface area contributed by atoms with E-state index in [9.17, 15) is 9.59 Å². The van der Waals surface area contributed by atoms with Crippen LogP contribution in [0.4, 0.5) is 0 Å². The third-order valence-electron chi connectivity index (χ3n) is 2.78. The van der Waals surface area contributed by atoms with E-state index in [4.69, 9.17) is 4.74 Å². The van der Waals surface area contributed by atoms with E-state index in [0.717, 1.165) is 0 Å². The highest BCUT2D eigenvalue weighted by Crippen LogP contribution is 2.19. The lowest BCUT2D eigenvalue weighted by molar-refractivity contribution is -0.150. The molecule has 0 aliphatic heterocycles. The highest BCUT2D eigenvalue weighted by atomic mass is 32.2. The average Bonchev–Trinajstić information content (AvgIpc) is 2.39. The Morgan fingerprint density at radius 3 is 2.90 bits per heavy atom. The Morgan fingerprint density at radius 1 is 1.55 bits per heavy atom. The molecule has 2 N–H and O–H groups in total. The molecule has 1 unspecified atom stereocenters. The van der Waals surface area contributed by atoms with Gasteiger partial charge in [-0.1, -0.05) is 18.7 Å². The zero-order valence-electron chi connectivity index (χ0n) is 12.1. The highest BCUT2D eigenvalue weighted by Gasteiger charge is 2.33. The van der Waals surface area contributed by atoms with E-state index in [2.05, 4.69) is 15.3 Å². The van der Waals surface area contributed by atoms with Gasteiger partial charge in [-0.25, -0.2) is 4.98 Å². The summed E-state index contributed by atoms with van der Waals surface area (Å²) >= 11 is 1.41. The van der Waals surface area contributed by atoms with Crippen LogP contribution < -0.4 is 10.9 Å². The van der Waals surface area contributed by atoms with E-state index >= 15 is 0 Å². The molecule has 6 nitrogen and oxygen atoms in total. The van der Waals surface area contributed by atoms with Crippen molar-refractivity contribution in [2.45, 2.75) is 37.9 Å². The largest absolute Gasteiger partial charge is 0.465 e. The predicted octanol–water partition coefficient (Wildman–Crippen LogP) is 1.18. The minimum atomic E-state index is -0.715. The Bertz CT molecular complexity index is 492. The molecule has 1 atom stereocenters. The zero-order chi connectivity index (χ0) is 15.0. The van der Waals surface area contributed by atoms with E-state index in [0.29, 0.717) is 30.5 Å². The molecule has 0 spiro atoms. The number of ether oxygens (including phenoxy) is 1. The SMILES string of the molecule is CCNC(C)(CCSc1nccc(=O)[nH]1)C(=O)OCC. The number of esters is 1. The number of nitrogens with one attached hydrogen (secondary N) is 2. The predicted molar refractivity (Wildman–Crippen MR) is 78.9 cm³/mol. The topological polar surface area (TPSA) is 84.1 Å². The number of carbonyl (C=O) groups excluding carboxylic acids is 1. The lowest BCUT2D eigenvalue weighted by atomic mass is 9.99. The van der Waals surface area contributed by atoms with Crippen molar-refractivity contribution >= 4 is 17.7 Å². The van der Waals surface area contributed by atoms with Crippen LogP contribution in [0.5, 0.6) is 0 Å². The molecule has 1 rings (SSSR count). The van der Waals surface area contributed by atoms with E-state index in [-0.39, 0.29) is 11.5 Å². The summed E-state index contributed by atoms with van der Waals surface area (Å²) in [5.74, 6) is 0.395. The van der Waals surface area contributed by atoms with Crippen LogP contribution in [-0.4, -0.2) is 40.4 Å². The van der Waals surface area contributed by atoms with Crippen LogP contribution in [0, 0.1) is 0 Å². The maximum Gasteiger partial charge on any atom is 0.326 e. The lowest BCUT2D eigenvalue weighted by Gasteiger charge is -2.27. The molecule has 0 bridgehead atoms. The Kier molecular flexibility index (Phi) is 6.74.